The van der Waals surface area contributed by atoms with Crippen molar-refractivity contribution >= 4 is 46.2 Å². The van der Waals surface area contributed by atoms with Crippen LogP contribution in [-0.4, -0.2) is 39.3 Å². The summed E-state index contributed by atoms with van der Waals surface area (Å²) in [6.07, 6.45) is 3.66. The molecule has 1 aliphatic heterocycles. The first kappa shape index (κ1) is 26.8. The maximum atomic E-state index is 12.1. The summed E-state index contributed by atoms with van der Waals surface area (Å²) in [5.41, 5.74) is 6.48. The lowest BCUT2D eigenvalue weighted by Gasteiger charge is -2.28. The molecule has 200 valence electrons. The number of amides is 1. The number of rotatable bonds is 7. The minimum atomic E-state index is -0.282. The van der Waals surface area contributed by atoms with Gasteiger partial charge in [0.2, 0.25) is 5.91 Å². The van der Waals surface area contributed by atoms with Gasteiger partial charge < -0.3 is 24.8 Å². The van der Waals surface area contributed by atoms with E-state index in [9.17, 15) is 4.79 Å². The van der Waals surface area contributed by atoms with Crippen molar-refractivity contribution in [3.8, 4) is 5.82 Å². The third-order valence-corrected chi connectivity index (χ3v) is 7.42. The average molecular weight is 561 g/mol. The molecule has 2 N–H and O–H groups in total. The number of nitrogens with zero attached hydrogens (tertiary/aromatic N) is 4. The SMILES string of the molecule is COCC(=O)Nc1ccc(N2C(=S)NC(c3ccccn3)C2c2cc(C)n(-c3ccc(C)cn3)c2C)cc1Cl. The van der Waals surface area contributed by atoms with E-state index >= 15 is 0 Å². The Labute approximate surface area is 238 Å². The van der Waals surface area contributed by atoms with E-state index < -0.39 is 0 Å². The van der Waals surface area contributed by atoms with Crippen LogP contribution in [0.4, 0.5) is 11.4 Å². The second-order valence-electron chi connectivity index (χ2n) is 9.50. The number of benzene rings is 1. The molecule has 2 atom stereocenters. The fourth-order valence-electron chi connectivity index (χ4n) is 5.05. The van der Waals surface area contributed by atoms with Gasteiger partial charge in [-0.1, -0.05) is 23.7 Å². The topological polar surface area (TPSA) is 84.3 Å². The normalized spacial score (nSPS) is 16.8. The number of hydrogen-bond acceptors (Lipinski definition) is 5. The number of anilines is 2. The predicted molar refractivity (Wildman–Crippen MR) is 158 cm³/mol. The Morgan fingerprint density at radius 3 is 2.62 bits per heavy atom. The third kappa shape index (κ3) is 5.25. The molecule has 1 aromatic carbocycles. The number of hydrogen-bond donors (Lipinski definition) is 2. The zero-order chi connectivity index (χ0) is 27.7. The molecule has 1 saturated heterocycles. The highest BCUT2D eigenvalue weighted by molar-refractivity contribution is 7.80. The van der Waals surface area contributed by atoms with Crippen molar-refractivity contribution in [2.24, 2.45) is 0 Å². The summed E-state index contributed by atoms with van der Waals surface area (Å²) in [6.45, 7) is 6.14. The molecule has 0 saturated carbocycles. The summed E-state index contributed by atoms with van der Waals surface area (Å²) in [4.78, 5) is 23.4. The molecule has 1 amide bonds. The van der Waals surface area contributed by atoms with E-state index in [1.165, 1.54) is 7.11 Å². The molecule has 4 heterocycles. The first-order valence-corrected chi connectivity index (χ1v) is 13.3. The molecule has 0 radical (unpaired) electrons. The van der Waals surface area contributed by atoms with E-state index in [1.54, 1.807) is 12.3 Å². The van der Waals surface area contributed by atoms with Gasteiger partial charge >= 0.3 is 0 Å². The van der Waals surface area contributed by atoms with E-state index in [0.717, 1.165) is 39.7 Å². The number of nitrogens with one attached hydrogen (secondary N) is 2. The number of methoxy groups -OCH3 is 1. The van der Waals surface area contributed by atoms with Crippen LogP contribution in [0.3, 0.4) is 0 Å². The molecule has 39 heavy (non-hydrogen) atoms. The molecule has 4 aromatic rings. The van der Waals surface area contributed by atoms with Gasteiger partial charge in [0.1, 0.15) is 12.4 Å². The Morgan fingerprint density at radius 1 is 1.13 bits per heavy atom. The molecular weight excluding hydrogens is 532 g/mol. The van der Waals surface area contributed by atoms with E-state index in [2.05, 4.69) is 56.0 Å². The smallest absolute Gasteiger partial charge is 0.250 e. The van der Waals surface area contributed by atoms with Crippen molar-refractivity contribution in [2.45, 2.75) is 32.9 Å². The molecule has 1 fully saturated rings. The van der Waals surface area contributed by atoms with E-state index in [4.69, 9.17) is 28.6 Å². The molecule has 0 spiro atoms. The fraction of sp³-hybridized carbons (Fsp3) is 0.241. The van der Waals surface area contributed by atoms with E-state index in [-0.39, 0.29) is 24.6 Å². The minimum absolute atomic E-state index is 0.0580. The summed E-state index contributed by atoms with van der Waals surface area (Å²) in [7, 11) is 1.47. The quantitative estimate of drug-likeness (QED) is 0.284. The van der Waals surface area contributed by atoms with Gasteiger partial charge in [-0.2, -0.15) is 0 Å². The van der Waals surface area contributed by atoms with Crippen LogP contribution in [0.2, 0.25) is 5.02 Å². The average Bonchev–Trinajstić information content (AvgIpc) is 3.41. The largest absolute Gasteiger partial charge is 0.375 e. The third-order valence-electron chi connectivity index (χ3n) is 6.79. The summed E-state index contributed by atoms with van der Waals surface area (Å²) in [5, 5.41) is 7.22. The monoisotopic (exact) mass is 560 g/mol. The minimum Gasteiger partial charge on any atom is -0.375 e. The molecule has 8 nitrogen and oxygen atoms in total. The fourth-order valence-corrected chi connectivity index (χ4v) is 5.62. The van der Waals surface area contributed by atoms with Crippen LogP contribution in [0.5, 0.6) is 0 Å². The summed E-state index contributed by atoms with van der Waals surface area (Å²) in [6, 6.07) is 17.2. The number of carbonyl (C=O) groups is 1. The number of aromatic nitrogens is 3. The molecule has 10 heteroatoms. The van der Waals surface area contributed by atoms with Crippen LogP contribution in [0.15, 0.2) is 67.0 Å². The maximum Gasteiger partial charge on any atom is 0.250 e. The number of carbonyl (C=O) groups excluding carboxylic acids is 1. The lowest BCUT2D eigenvalue weighted by Crippen LogP contribution is -2.29. The first-order valence-electron chi connectivity index (χ1n) is 12.5. The van der Waals surface area contributed by atoms with Gasteiger partial charge in [-0.15, -0.1) is 0 Å². The Bertz CT molecular complexity index is 1520. The zero-order valence-corrected chi connectivity index (χ0v) is 23.7. The summed E-state index contributed by atoms with van der Waals surface area (Å²) >= 11 is 12.5. The van der Waals surface area contributed by atoms with Crippen molar-refractivity contribution in [3.05, 3.63) is 100 Å². The van der Waals surface area contributed by atoms with Crippen LogP contribution in [-0.2, 0) is 9.53 Å². The molecule has 0 aliphatic carbocycles. The lowest BCUT2D eigenvalue weighted by atomic mass is 9.96. The maximum absolute atomic E-state index is 12.1. The number of ether oxygens (including phenoxy) is 1. The van der Waals surface area contributed by atoms with Gasteiger partial charge in [-0.05, 0) is 86.6 Å². The molecular formula is C29H29ClN6O2S. The Hall–Kier alpha value is -3.79. The summed E-state index contributed by atoms with van der Waals surface area (Å²) in [5.74, 6) is 0.575. The number of pyridine rings is 2. The van der Waals surface area contributed by atoms with Crippen molar-refractivity contribution in [1.29, 1.82) is 0 Å². The standard InChI is InChI=1S/C29H29ClN6O2S/c1-17-8-11-25(32-15-17)35-18(2)13-21(19(35)3)28-27(24-7-5-6-12-31-24)34-29(39)36(28)20-9-10-23(22(30)14-20)33-26(37)16-38-4/h5-15,27-28H,16H2,1-4H3,(H,33,37)(H,34,39). The van der Waals surface area contributed by atoms with E-state index in [0.29, 0.717) is 15.8 Å². The molecule has 0 bridgehead atoms. The number of thiocarbonyl (C=S) groups is 1. The van der Waals surface area contributed by atoms with Crippen LogP contribution < -0.4 is 15.5 Å². The Balaban J connectivity index is 1.60. The number of halogens is 1. The van der Waals surface area contributed by atoms with Crippen LogP contribution >= 0.6 is 23.8 Å². The second kappa shape index (κ2) is 11.1. The Morgan fingerprint density at radius 2 is 1.95 bits per heavy atom. The van der Waals surface area contributed by atoms with Crippen molar-refractivity contribution in [1.82, 2.24) is 19.9 Å². The van der Waals surface area contributed by atoms with Gasteiger partial charge in [0, 0.05) is 36.6 Å². The highest BCUT2D eigenvalue weighted by Crippen LogP contribution is 2.44. The lowest BCUT2D eigenvalue weighted by molar-refractivity contribution is -0.119. The second-order valence-corrected chi connectivity index (χ2v) is 10.3. The van der Waals surface area contributed by atoms with Gasteiger partial charge in [0.25, 0.3) is 0 Å². The first-order chi connectivity index (χ1) is 18.8. The van der Waals surface area contributed by atoms with Crippen molar-refractivity contribution in [2.75, 3.05) is 23.9 Å². The van der Waals surface area contributed by atoms with Crippen molar-refractivity contribution in [3.63, 3.8) is 0 Å². The zero-order valence-electron chi connectivity index (χ0n) is 22.1. The van der Waals surface area contributed by atoms with Gasteiger partial charge in [0.15, 0.2) is 5.11 Å². The van der Waals surface area contributed by atoms with Crippen LogP contribution in [0, 0.1) is 20.8 Å². The number of aryl methyl sites for hydroxylation is 2. The highest BCUT2D eigenvalue weighted by Gasteiger charge is 2.42. The highest BCUT2D eigenvalue weighted by atomic mass is 35.5. The van der Waals surface area contributed by atoms with Crippen LogP contribution in [0.25, 0.3) is 5.82 Å². The van der Waals surface area contributed by atoms with Crippen LogP contribution in [0.1, 0.15) is 40.3 Å². The molecule has 2 unspecified atom stereocenters. The van der Waals surface area contributed by atoms with Gasteiger partial charge in [-0.3, -0.25) is 9.78 Å². The van der Waals surface area contributed by atoms with Gasteiger partial charge in [-0.25, -0.2) is 4.98 Å². The van der Waals surface area contributed by atoms with E-state index in [1.807, 2.05) is 49.5 Å². The molecule has 5 rings (SSSR count). The molecule has 3 aromatic heterocycles. The van der Waals surface area contributed by atoms with Crippen molar-refractivity contribution < 1.29 is 9.53 Å². The molecule has 1 aliphatic rings. The predicted octanol–water partition coefficient (Wildman–Crippen LogP) is 5.61. The van der Waals surface area contributed by atoms with Gasteiger partial charge in [0.05, 0.1) is 28.5 Å². The Kier molecular flexibility index (Phi) is 7.65. The summed E-state index contributed by atoms with van der Waals surface area (Å²) < 4.78 is 7.07.